The summed E-state index contributed by atoms with van der Waals surface area (Å²) in [4.78, 5) is 2.34. The predicted octanol–water partition coefficient (Wildman–Crippen LogP) is 8.62. The molecule has 0 atom stereocenters. The van der Waals surface area contributed by atoms with Gasteiger partial charge in [-0.2, -0.15) is 0 Å². The highest BCUT2D eigenvalue weighted by atomic mass is 32.1. The van der Waals surface area contributed by atoms with E-state index in [-0.39, 0.29) is 0 Å². The Morgan fingerprint density at radius 3 is 2.53 bits per heavy atom. The van der Waals surface area contributed by atoms with Crippen LogP contribution in [0.2, 0.25) is 0 Å². The van der Waals surface area contributed by atoms with Crippen LogP contribution >= 0.6 is 11.3 Å². The molecule has 2 aromatic heterocycles. The highest BCUT2D eigenvalue weighted by molar-refractivity contribution is 7.16. The molecule has 0 saturated heterocycles. The number of benzene rings is 1. The molecule has 0 fully saturated rings. The standard InChI is InChI=1S/C26H33NO2S/c1-3-5-7-8-9-11-19-28-22-15-13-21(14-16-22)24-20-25(29-27-24)26-18-17-23(30-26)12-10-6-4-2/h10,12-18,20H,3-9,11,19H2,1-2H3/b12-10+. The summed E-state index contributed by atoms with van der Waals surface area (Å²) >= 11 is 1.72. The van der Waals surface area contributed by atoms with Gasteiger partial charge in [-0.05, 0) is 55.3 Å². The molecule has 0 radical (unpaired) electrons. The van der Waals surface area contributed by atoms with Crippen molar-refractivity contribution in [1.29, 1.82) is 0 Å². The fourth-order valence-corrected chi connectivity index (χ4v) is 4.15. The van der Waals surface area contributed by atoms with Gasteiger partial charge in [-0.15, -0.1) is 11.3 Å². The molecular formula is C26H33NO2S. The Bertz CT molecular complexity index is 892. The molecule has 0 unspecified atom stereocenters. The lowest BCUT2D eigenvalue weighted by Crippen LogP contribution is -1.97. The van der Waals surface area contributed by atoms with Crippen molar-refractivity contribution in [3.05, 3.63) is 53.4 Å². The highest BCUT2D eigenvalue weighted by Crippen LogP contribution is 2.32. The van der Waals surface area contributed by atoms with Crippen molar-refractivity contribution in [2.24, 2.45) is 0 Å². The van der Waals surface area contributed by atoms with Crippen LogP contribution in [0.5, 0.6) is 5.75 Å². The van der Waals surface area contributed by atoms with E-state index in [1.807, 2.05) is 30.3 Å². The third kappa shape index (κ3) is 6.88. The van der Waals surface area contributed by atoms with Crippen LogP contribution in [0, 0.1) is 0 Å². The molecule has 4 heteroatoms. The third-order valence-corrected chi connectivity index (χ3v) is 6.10. The van der Waals surface area contributed by atoms with Crippen molar-refractivity contribution in [2.45, 2.75) is 65.2 Å². The van der Waals surface area contributed by atoms with Crippen molar-refractivity contribution in [3.63, 3.8) is 0 Å². The van der Waals surface area contributed by atoms with Gasteiger partial charge in [-0.3, -0.25) is 0 Å². The van der Waals surface area contributed by atoms with Crippen LogP contribution < -0.4 is 4.74 Å². The van der Waals surface area contributed by atoms with Gasteiger partial charge in [0.05, 0.1) is 11.5 Å². The molecule has 0 saturated carbocycles. The Morgan fingerprint density at radius 2 is 1.73 bits per heavy atom. The van der Waals surface area contributed by atoms with E-state index in [1.54, 1.807) is 11.3 Å². The second-order valence-corrected chi connectivity index (χ2v) is 8.73. The molecule has 30 heavy (non-hydrogen) atoms. The summed E-state index contributed by atoms with van der Waals surface area (Å²) in [6, 6.07) is 14.4. The average molecular weight is 424 g/mol. The normalized spacial score (nSPS) is 11.4. The molecule has 3 nitrogen and oxygen atoms in total. The number of allylic oxidation sites excluding steroid dienone is 1. The zero-order valence-corrected chi connectivity index (χ0v) is 19.0. The van der Waals surface area contributed by atoms with Crippen LogP contribution in [-0.2, 0) is 0 Å². The van der Waals surface area contributed by atoms with Crippen molar-refractivity contribution in [2.75, 3.05) is 6.61 Å². The van der Waals surface area contributed by atoms with Crippen molar-refractivity contribution < 1.29 is 9.26 Å². The van der Waals surface area contributed by atoms with Gasteiger partial charge >= 0.3 is 0 Å². The molecule has 160 valence electrons. The van der Waals surface area contributed by atoms with Crippen LogP contribution in [0.15, 0.2) is 53.1 Å². The quantitative estimate of drug-likeness (QED) is 0.258. The summed E-state index contributed by atoms with van der Waals surface area (Å²) in [5.41, 5.74) is 1.89. The number of hydrogen-bond donors (Lipinski definition) is 0. The number of aromatic nitrogens is 1. The Morgan fingerprint density at radius 1 is 0.933 bits per heavy atom. The molecule has 0 spiro atoms. The number of rotatable bonds is 13. The van der Waals surface area contributed by atoms with E-state index in [9.17, 15) is 0 Å². The summed E-state index contributed by atoms with van der Waals surface area (Å²) in [6.45, 7) is 5.22. The summed E-state index contributed by atoms with van der Waals surface area (Å²) < 4.78 is 11.5. The zero-order chi connectivity index (χ0) is 21.0. The predicted molar refractivity (Wildman–Crippen MR) is 128 cm³/mol. The molecule has 3 aromatic rings. The molecule has 0 amide bonds. The Hall–Kier alpha value is -2.33. The minimum absolute atomic E-state index is 0.785. The zero-order valence-electron chi connectivity index (χ0n) is 18.2. The van der Waals surface area contributed by atoms with Gasteiger partial charge in [-0.1, -0.05) is 63.6 Å². The number of nitrogens with zero attached hydrogens (tertiary/aromatic N) is 1. The van der Waals surface area contributed by atoms with E-state index in [0.717, 1.165) is 47.1 Å². The van der Waals surface area contributed by atoms with Gasteiger partial charge in [0.2, 0.25) is 0 Å². The largest absolute Gasteiger partial charge is 0.494 e. The fourth-order valence-electron chi connectivity index (χ4n) is 3.26. The number of hydrogen-bond acceptors (Lipinski definition) is 4. The molecule has 2 heterocycles. The second-order valence-electron chi connectivity index (χ2n) is 7.61. The van der Waals surface area contributed by atoms with Gasteiger partial charge in [0.25, 0.3) is 0 Å². The minimum atomic E-state index is 0.785. The Labute approximate surface area is 184 Å². The van der Waals surface area contributed by atoms with E-state index in [2.05, 4.69) is 43.3 Å². The summed E-state index contributed by atoms with van der Waals surface area (Å²) in [7, 11) is 0. The van der Waals surface area contributed by atoms with Gasteiger partial charge < -0.3 is 9.26 Å². The smallest absolute Gasteiger partial charge is 0.177 e. The first-order chi connectivity index (χ1) is 14.8. The SMILES string of the molecule is CCC/C=C/c1ccc(-c2cc(-c3ccc(OCCCCCCCC)cc3)no2)s1. The van der Waals surface area contributed by atoms with Crippen LogP contribution in [0.3, 0.4) is 0 Å². The van der Waals surface area contributed by atoms with Crippen molar-refractivity contribution in [3.8, 4) is 27.6 Å². The lowest BCUT2D eigenvalue weighted by molar-refractivity contribution is 0.304. The maximum absolute atomic E-state index is 5.87. The molecule has 1 aromatic carbocycles. The van der Waals surface area contributed by atoms with Gasteiger partial charge in [0.1, 0.15) is 11.4 Å². The van der Waals surface area contributed by atoms with Crippen LogP contribution in [-0.4, -0.2) is 11.8 Å². The molecule has 0 N–H and O–H groups in total. The summed E-state index contributed by atoms with van der Waals surface area (Å²) in [5.74, 6) is 1.73. The van der Waals surface area contributed by atoms with E-state index in [1.165, 1.54) is 43.4 Å². The molecule has 0 bridgehead atoms. The van der Waals surface area contributed by atoms with E-state index >= 15 is 0 Å². The van der Waals surface area contributed by atoms with E-state index in [4.69, 9.17) is 9.26 Å². The fraction of sp³-hybridized carbons (Fsp3) is 0.423. The average Bonchev–Trinajstić information content (AvgIpc) is 3.44. The summed E-state index contributed by atoms with van der Waals surface area (Å²) in [5, 5.41) is 4.26. The van der Waals surface area contributed by atoms with Crippen LogP contribution in [0.25, 0.3) is 28.0 Å². The van der Waals surface area contributed by atoms with Gasteiger partial charge in [0.15, 0.2) is 5.76 Å². The van der Waals surface area contributed by atoms with Crippen LogP contribution in [0.4, 0.5) is 0 Å². The lowest BCUT2D eigenvalue weighted by atomic mass is 10.1. The topological polar surface area (TPSA) is 35.3 Å². The second kappa shape index (κ2) is 12.4. The molecule has 0 aliphatic rings. The van der Waals surface area contributed by atoms with Gasteiger partial charge in [0, 0.05) is 16.5 Å². The monoisotopic (exact) mass is 423 g/mol. The molecular weight excluding hydrogens is 390 g/mol. The molecule has 3 rings (SSSR count). The van der Waals surface area contributed by atoms with Crippen molar-refractivity contribution >= 4 is 17.4 Å². The Kier molecular flexibility index (Phi) is 9.23. The first kappa shape index (κ1) is 22.4. The third-order valence-electron chi connectivity index (χ3n) is 5.03. The number of thiophene rings is 1. The minimum Gasteiger partial charge on any atom is -0.494 e. The van der Waals surface area contributed by atoms with Gasteiger partial charge in [-0.25, -0.2) is 0 Å². The first-order valence-electron chi connectivity index (χ1n) is 11.3. The Balaban J connectivity index is 1.51. The molecule has 0 aliphatic carbocycles. The maximum atomic E-state index is 5.87. The van der Waals surface area contributed by atoms with Crippen molar-refractivity contribution in [1.82, 2.24) is 5.16 Å². The van der Waals surface area contributed by atoms with E-state index < -0.39 is 0 Å². The number of unbranched alkanes of at least 4 members (excludes halogenated alkanes) is 6. The lowest BCUT2D eigenvalue weighted by Gasteiger charge is -2.06. The molecule has 0 aliphatic heterocycles. The summed E-state index contributed by atoms with van der Waals surface area (Å²) in [6.07, 6.45) is 14.3. The first-order valence-corrected chi connectivity index (χ1v) is 12.1. The highest BCUT2D eigenvalue weighted by Gasteiger charge is 2.10. The van der Waals surface area contributed by atoms with Crippen LogP contribution in [0.1, 0.15) is 70.1 Å². The van der Waals surface area contributed by atoms with E-state index in [0.29, 0.717) is 0 Å². The number of ether oxygens (including phenoxy) is 1. The maximum Gasteiger partial charge on any atom is 0.177 e.